The Morgan fingerprint density at radius 2 is 1.89 bits per heavy atom. The Morgan fingerprint density at radius 3 is 2.66 bits per heavy atom. The van der Waals surface area contributed by atoms with Gasteiger partial charge in [0.2, 0.25) is 0 Å². The Kier molecular flexibility index (Phi) is 6.15. The van der Waals surface area contributed by atoms with Crippen molar-refractivity contribution in [1.29, 1.82) is 0 Å². The van der Waals surface area contributed by atoms with E-state index in [0.29, 0.717) is 22.0 Å². The molecule has 0 fully saturated rings. The molecule has 0 spiro atoms. The lowest BCUT2D eigenvalue weighted by molar-refractivity contribution is 0.0601. The highest BCUT2D eigenvalue weighted by atomic mass is 32.1. The monoisotopic (exact) mass is 484 g/mol. The third kappa shape index (κ3) is 4.34. The number of nitrogens with one attached hydrogen (secondary N) is 1. The molecule has 6 heteroatoms. The molecule has 35 heavy (non-hydrogen) atoms. The van der Waals surface area contributed by atoms with Crippen LogP contribution in [0.15, 0.2) is 48.5 Å². The molecule has 5 rings (SSSR count). The predicted octanol–water partition coefficient (Wildman–Crippen LogP) is 6.74. The third-order valence-corrected chi connectivity index (χ3v) is 8.06. The molecule has 2 heterocycles. The number of para-hydroxylation sites is 1. The molecule has 0 bridgehead atoms. The number of nitrogens with zero attached hydrogens (tertiary/aromatic N) is 1. The highest BCUT2D eigenvalue weighted by Gasteiger charge is 2.29. The van der Waals surface area contributed by atoms with Crippen LogP contribution in [0.4, 0.5) is 5.00 Å². The molecule has 2 aromatic heterocycles. The minimum atomic E-state index is -0.400. The molecule has 4 aromatic rings. The average molecular weight is 485 g/mol. The largest absolute Gasteiger partial charge is 0.465 e. The van der Waals surface area contributed by atoms with Crippen molar-refractivity contribution in [2.75, 3.05) is 12.4 Å². The molecule has 1 atom stereocenters. The van der Waals surface area contributed by atoms with Crippen molar-refractivity contribution in [1.82, 2.24) is 4.98 Å². The molecule has 0 saturated heterocycles. The number of fused-ring (bicyclic) bond motifs is 2. The van der Waals surface area contributed by atoms with E-state index in [4.69, 9.17) is 9.72 Å². The first kappa shape index (κ1) is 23.2. The van der Waals surface area contributed by atoms with Crippen molar-refractivity contribution in [3.05, 3.63) is 81.2 Å². The summed E-state index contributed by atoms with van der Waals surface area (Å²) in [6, 6.07) is 15.7. The molecule has 2 aromatic carbocycles. The lowest BCUT2D eigenvalue weighted by atomic mass is 9.88. The van der Waals surface area contributed by atoms with E-state index in [0.717, 1.165) is 51.9 Å². The Labute approximate surface area is 209 Å². The van der Waals surface area contributed by atoms with Gasteiger partial charge in [0, 0.05) is 15.8 Å². The highest BCUT2D eigenvalue weighted by Crippen LogP contribution is 2.40. The number of carbonyl (C=O) groups excluding carboxylic acids is 2. The average Bonchev–Trinajstić information content (AvgIpc) is 3.21. The number of thiophene rings is 1. The number of carbonyl (C=O) groups is 2. The van der Waals surface area contributed by atoms with Crippen LogP contribution in [-0.2, 0) is 17.6 Å². The lowest BCUT2D eigenvalue weighted by Crippen LogP contribution is -2.16. The Morgan fingerprint density at radius 1 is 1.09 bits per heavy atom. The number of methoxy groups -OCH3 is 1. The van der Waals surface area contributed by atoms with Gasteiger partial charge in [0.1, 0.15) is 5.00 Å². The summed E-state index contributed by atoms with van der Waals surface area (Å²) >= 11 is 1.49. The van der Waals surface area contributed by atoms with Gasteiger partial charge < -0.3 is 10.1 Å². The molecular weight excluding hydrogens is 456 g/mol. The number of ether oxygens (including phenoxy) is 1. The summed E-state index contributed by atoms with van der Waals surface area (Å²) < 4.78 is 5.09. The van der Waals surface area contributed by atoms with Crippen molar-refractivity contribution in [3.8, 4) is 11.3 Å². The van der Waals surface area contributed by atoms with E-state index in [1.165, 1.54) is 29.6 Å². The first-order valence-corrected chi connectivity index (χ1v) is 12.7. The fourth-order valence-electron chi connectivity index (χ4n) is 4.74. The molecule has 1 N–H and O–H groups in total. The number of amides is 1. The van der Waals surface area contributed by atoms with Crippen LogP contribution in [0.3, 0.4) is 0 Å². The van der Waals surface area contributed by atoms with Crippen molar-refractivity contribution in [2.45, 2.75) is 40.0 Å². The maximum atomic E-state index is 13.7. The van der Waals surface area contributed by atoms with Gasteiger partial charge in [-0.1, -0.05) is 37.3 Å². The minimum absolute atomic E-state index is 0.259. The smallest absolute Gasteiger partial charge is 0.341 e. The second-order valence-corrected chi connectivity index (χ2v) is 10.5. The van der Waals surface area contributed by atoms with E-state index in [9.17, 15) is 9.59 Å². The molecule has 178 valence electrons. The van der Waals surface area contributed by atoms with Crippen LogP contribution in [0, 0.1) is 19.8 Å². The highest BCUT2D eigenvalue weighted by molar-refractivity contribution is 7.17. The van der Waals surface area contributed by atoms with Crippen LogP contribution in [-0.4, -0.2) is 24.0 Å². The summed E-state index contributed by atoms with van der Waals surface area (Å²) in [4.78, 5) is 32.4. The number of aromatic nitrogens is 1. The third-order valence-electron chi connectivity index (χ3n) is 6.89. The van der Waals surface area contributed by atoms with Gasteiger partial charge >= 0.3 is 5.97 Å². The summed E-state index contributed by atoms with van der Waals surface area (Å²) in [6.45, 7) is 6.36. The molecule has 5 nitrogen and oxygen atoms in total. The number of esters is 1. The Bertz CT molecular complexity index is 1470. The summed E-state index contributed by atoms with van der Waals surface area (Å²) in [7, 11) is 1.38. The zero-order valence-corrected chi connectivity index (χ0v) is 21.2. The van der Waals surface area contributed by atoms with Gasteiger partial charge in [-0.25, -0.2) is 9.78 Å². The van der Waals surface area contributed by atoms with Gasteiger partial charge in [0.15, 0.2) is 0 Å². The fraction of sp³-hybridized carbons (Fsp3) is 0.276. The number of rotatable bonds is 4. The summed E-state index contributed by atoms with van der Waals surface area (Å²) in [5, 5.41) is 4.39. The molecule has 1 unspecified atom stereocenters. The number of benzene rings is 2. The van der Waals surface area contributed by atoms with Gasteiger partial charge in [0.05, 0.1) is 29.4 Å². The molecule has 0 radical (unpaired) electrons. The van der Waals surface area contributed by atoms with Crippen molar-refractivity contribution >= 4 is 39.1 Å². The first-order chi connectivity index (χ1) is 16.9. The lowest BCUT2D eigenvalue weighted by Gasteiger charge is -2.18. The normalized spacial score (nSPS) is 15.0. The zero-order valence-electron chi connectivity index (χ0n) is 20.4. The maximum absolute atomic E-state index is 13.7. The van der Waals surface area contributed by atoms with Gasteiger partial charge in [-0.15, -0.1) is 11.3 Å². The Balaban J connectivity index is 1.59. The van der Waals surface area contributed by atoms with Gasteiger partial charge in [-0.3, -0.25) is 4.79 Å². The van der Waals surface area contributed by atoms with E-state index < -0.39 is 5.97 Å². The van der Waals surface area contributed by atoms with E-state index in [2.05, 4.69) is 38.2 Å². The number of anilines is 1. The summed E-state index contributed by atoms with van der Waals surface area (Å²) in [6.07, 6.45) is 2.76. The first-order valence-electron chi connectivity index (χ1n) is 11.9. The van der Waals surface area contributed by atoms with Crippen LogP contribution in [0.5, 0.6) is 0 Å². The molecule has 1 aliphatic rings. The fourth-order valence-corrected chi connectivity index (χ4v) is 6.13. The van der Waals surface area contributed by atoms with Crippen LogP contribution in [0.25, 0.3) is 22.2 Å². The molecule has 0 saturated carbocycles. The van der Waals surface area contributed by atoms with Gasteiger partial charge in [-0.2, -0.15) is 0 Å². The van der Waals surface area contributed by atoms with Crippen molar-refractivity contribution < 1.29 is 14.3 Å². The molecule has 1 amide bonds. The topological polar surface area (TPSA) is 68.3 Å². The molecule has 1 aliphatic carbocycles. The van der Waals surface area contributed by atoms with E-state index in [1.54, 1.807) is 0 Å². The van der Waals surface area contributed by atoms with Gasteiger partial charge in [-0.05, 0) is 73.9 Å². The second kappa shape index (κ2) is 9.27. The Hall–Kier alpha value is -3.51. The quantitative estimate of drug-likeness (QED) is 0.326. The SMILES string of the molecule is COC(=O)c1c(NC(=O)c2cc(-c3ccc(C)c(C)c3)nc3ccccc23)sc2c1CCC(C)C2. The number of hydrogen-bond acceptors (Lipinski definition) is 5. The maximum Gasteiger partial charge on any atom is 0.341 e. The number of hydrogen-bond donors (Lipinski definition) is 1. The molecule has 0 aliphatic heterocycles. The van der Waals surface area contributed by atoms with Crippen LogP contribution in [0.1, 0.15) is 55.6 Å². The van der Waals surface area contributed by atoms with Crippen molar-refractivity contribution in [3.63, 3.8) is 0 Å². The zero-order chi connectivity index (χ0) is 24.7. The van der Waals surface area contributed by atoms with E-state index in [-0.39, 0.29) is 5.91 Å². The second-order valence-electron chi connectivity index (χ2n) is 9.37. The number of pyridine rings is 1. The van der Waals surface area contributed by atoms with E-state index >= 15 is 0 Å². The predicted molar refractivity (Wildman–Crippen MR) is 141 cm³/mol. The summed E-state index contributed by atoms with van der Waals surface area (Å²) in [5.74, 6) is -0.104. The molecular formula is C29H28N2O3S. The minimum Gasteiger partial charge on any atom is -0.465 e. The van der Waals surface area contributed by atoms with E-state index in [1.807, 2.05) is 36.4 Å². The standard InChI is InChI=1S/C29H28N2O3S/c1-16-9-12-21-25(13-16)35-28(26(21)29(33)34-4)31-27(32)22-15-24(19-11-10-17(2)18(3)14-19)30-23-8-6-5-7-20(22)23/h5-8,10-11,14-16H,9,12-13H2,1-4H3,(H,31,32). The van der Waals surface area contributed by atoms with Crippen LogP contribution in [0.2, 0.25) is 0 Å². The van der Waals surface area contributed by atoms with Crippen molar-refractivity contribution in [2.24, 2.45) is 5.92 Å². The van der Waals surface area contributed by atoms with Crippen LogP contribution < -0.4 is 5.32 Å². The van der Waals surface area contributed by atoms with Gasteiger partial charge in [0.25, 0.3) is 5.91 Å². The number of aryl methyl sites for hydroxylation is 2. The summed E-state index contributed by atoms with van der Waals surface area (Å²) in [5.41, 5.74) is 6.88. The van der Waals surface area contributed by atoms with Crippen LogP contribution >= 0.6 is 11.3 Å².